The SMILES string of the molecule is CSc1ccc(C(CC(=O)O)NC(=O)Cn2ccc(=O)[nH]c2=O)cc1. The Balaban J connectivity index is 2.14. The number of H-pyrrole nitrogens is 1. The van der Waals surface area contributed by atoms with Crippen LogP contribution in [-0.4, -0.2) is 32.8 Å². The Labute approximate surface area is 146 Å². The third kappa shape index (κ3) is 5.35. The van der Waals surface area contributed by atoms with Gasteiger partial charge in [-0.15, -0.1) is 11.8 Å². The molecular formula is C16H17N3O5S. The van der Waals surface area contributed by atoms with Gasteiger partial charge >= 0.3 is 11.7 Å². The minimum Gasteiger partial charge on any atom is -0.481 e. The van der Waals surface area contributed by atoms with Crippen LogP contribution >= 0.6 is 11.8 Å². The molecule has 0 bridgehead atoms. The van der Waals surface area contributed by atoms with Crippen LogP contribution in [0.2, 0.25) is 0 Å². The van der Waals surface area contributed by atoms with Crippen LogP contribution < -0.4 is 16.6 Å². The molecule has 0 radical (unpaired) electrons. The van der Waals surface area contributed by atoms with Gasteiger partial charge in [0.05, 0.1) is 12.5 Å². The van der Waals surface area contributed by atoms with Gasteiger partial charge in [-0.3, -0.25) is 23.9 Å². The van der Waals surface area contributed by atoms with E-state index in [9.17, 15) is 19.2 Å². The topological polar surface area (TPSA) is 121 Å². The fourth-order valence-corrected chi connectivity index (χ4v) is 2.63. The second-order valence-corrected chi connectivity index (χ2v) is 6.11. The first kappa shape index (κ1) is 18.5. The lowest BCUT2D eigenvalue weighted by Gasteiger charge is -2.18. The van der Waals surface area contributed by atoms with Crippen molar-refractivity contribution in [2.75, 3.05) is 6.26 Å². The quantitative estimate of drug-likeness (QED) is 0.619. The molecule has 2 aromatic rings. The first-order valence-corrected chi connectivity index (χ1v) is 8.56. The summed E-state index contributed by atoms with van der Waals surface area (Å²) in [6, 6.07) is 7.60. The van der Waals surface area contributed by atoms with Crippen molar-refractivity contribution in [1.29, 1.82) is 0 Å². The van der Waals surface area contributed by atoms with Crippen LogP contribution in [0.1, 0.15) is 18.0 Å². The highest BCUT2D eigenvalue weighted by Crippen LogP contribution is 2.21. The number of amides is 1. The molecule has 3 N–H and O–H groups in total. The van der Waals surface area contributed by atoms with E-state index in [0.29, 0.717) is 5.56 Å². The molecule has 0 saturated heterocycles. The number of carboxylic acid groups (broad SMARTS) is 1. The van der Waals surface area contributed by atoms with Crippen molar-refractivity contribution in [2.45, 2.75) is 23.9 Å². The lowest BCUT2D eigenvalue weighted by atomic mass is 10.0. The van der Waals surface area contributed by atoms with Crippen molar-refractivity contribution in [3.63, 3.8) is 0 Å². The Hall–Kier alpha value is -2.81. The number of nitrogens with one attached hydrogen (secondary N) is 2. The molecule has 1 atom stereocenters. The number of carbonyl (C=O) groups excluding carboxylic acids is 1. The number of thioether (sulfide) groups is 1. The normalized spacial score (nSPS) is 11.7. The van der Waals surface area contributed by atoms with E-state index in [2.05, 4.69) is 5.32 Å². The van der Waals surface area contributed by atoms with Gasteiger partial charge in [0.15, 0.2) is 0 Å². The van der Waals surface area contributed by atoms with Gasteiger partial charge in [0.25, 0.3) is 5.56 Å². The van der Waals surface area contributed by atoms with Crippen molar-refractivity contribution in [2.24, 2.45) is 0 Å². The summed E-state index contributed by atoms with van der Waals surface area (Å²) in [5.74, 6) is -1.59. The fraction of sp³-hybridized carbons (Fsp3) is 0.250. The standard InChI is InChI=1S/C16H17N3O5S/c1-25-11-4-2-10(3-5-11)12(8-15(22)23)17-14(21)9-19-7-6-13(20)18-16(19)24/h2-7,12H,8-9H2,1H3,(H,17,21)(H,22,23)(H,18,20,24). The zero-order valence-corrected chi connectivity index (χ0v) is 14.2. The van der Waals surface area contributed by atoms with E-state index in [1.54, 1.807) is 23.9 Å². The van der Waals surface area contributed by atoms with Crippen LogP contribution in [0.15, 0.2) is 51.0 Å². The molecule has 0 aliphatic carbocycles. The van der Waals surface area contributed by atoms with Gasteiger partial charge in [0.1, 0.15) is 6.54 Å². The highest BCUT2D eigenvalue weighted by atomic mass is 32.2. The van der Waals surface area contributed by atoms with Gasteiger partial charge in [-0.1, -0.05) is 12.1 Å². The van der Waals surface area contributed by atoms with Crippen LogP contribution in [0.5, 0.6) is 0 Å². The van der Waals surface area contributed by atoms with Gasteiger partial charge in [0.2, 0.25) is 5.91 Å². The summed E-state index contributed by atoms with van der Waals surface area (Å²) in [6.45, 7) is -0.325. The van der Waals surface area contributed by atoms with Gasteiger partial charge in [-0.25, -0.2) is 4.79 Å². The number of carboxylic acids is 1. The second kappa shape index (κ2) is 8.34. The number of nitrogens with zero attached hydrogens (tertiary/aromatic N) is 1. The maximum Gasteiger partial charge on any atom is 0.328 e. The van der Waals surface area contributed by atoms with Gasteiger partial charge < -0.3 is 10.4 Å². The van der Waals surface area contributed by atoms with Gasteiger partial charge in [0, 0.05) is 17.2 Å². The number of benzene rings is 1. The molecule has 0 fully saturated rings. The molecule has 1 aromatic heterocycles. The molecule has 1 amide bonds. The van der Waals surface area contributed by atoms with Crippen LogP contribution in [-0.2, 0) is 16.1 Å². The van der Waals surface area contributed by atoms with E-state index >= 15 is 0 Å². The maximum absolute atomic E-state index is 12.2. The van der Waals surface area contributed by atoms with Crippen molar-refractivity contribution in [3.05, 3.63) is 62.9 Å². The van der Waals surface area contributed by atoms with E-state index in [-0.39, 0.29) is 13.0 Å². The van der Waals surface area contributed by atoms with Crippen molar-refractivity contribution in [3.8, 4) is 0 Å². The summed E-state index contributed by atoms with van der Waals surface area (Å²) in [4.78, 5) is 49.0. The van der Waals surface area contributed by atoms with E-state index in [1.165, 1.54) is 6.20 Å². The molecule has 25 heavy (non-hydrogen) atoms. The number of hydrogen-bond acceptors (Lipinski definition) is 5. The Morgan fingerprint density at radius 3 is 2.48 bits per heavy atom. The molecule has 1 aromatic carbocycles. The van der Waals surface area contributed by atoms with Crippen LogP contribution in [0, 0.1) is 0 Å². The summed E-state index contributed by atoms with van der Waals surface area (Å²) in [6.07, 6.45) is 2.85. The molecule has 1 heterocycles. The summed E-state index contributed by atoms with van der Waals surface area (Å²) < 4.78 is 1.03. The zero-order valence-electron chi connectivity index (χ0n) is 13.4. The molecule has 0 aliphatic heterocycles. The van der Waals surface area contributed by atoms with Crippen LogP contribution in [0.4, 0.5) is 0 Å². The molecule has 0 saturated carbocycles. The largest absolute Gasteiger partial charge is 0.481 e. The third-order valence-corrected chi connectivity index (χ3v) is 4.19. The minimum atomic E-state index is -1.06. The molecule has 132 valence electrons. The van der Waals surface area contributed by atoms with E-state index in [4.69, 9.17) is 5.11 Å². The van der Waals surface area contributed by atoms with Crippen LogP contribution in [0.25, 0.3) is 0 Å². The minimum absolute atomic E-state index is 0.287. The highest BCUT2D eigenvalue weighted by Gasteiger charge is 2.18. The Morgan fingerprint density at radius 2 is 1.92 bits per heavy atom. The predicted molar refractivity (Wildman–Crippen MR) is 92.7 cm³/mol. The maximum atomic E-state index is 12.2. The molecule has 9 heteroatoms. The smallest absolute Gasteiger partial charge is 0.328 e. The summed E-state index contributed by atoms with van der Waals surface area (Å²) >= 11 is 1.55. The fourth-order valence-electron chi connectivity index (χ4n) is 2.23. The van der Waals surface area contributed by atoms with Gasteiger partial charge in [-0.05, 0) is 24.0 Å². The first-order chi connectivity index (χ1) is 11.9. The summed E-state index contributed by atoms with van der Waals surface area (Å²) in [5.41, 5.74) is -0.608. The average molecular weight is 363 g/mol. The molecule has 0 aliphatic rings. The number of rotatable bonds is 7. The third-order valence-electron chi connectivity index (χ3n) is 3.44. The molecule has 8 nitrogen and oxygen atoms in total. The first-order valence-electron chi connectivity index (χ1n) is 7.34. The molecular weight excluding hydrogens is 346 g/mol. The number of aromatic nitrogens is 2. The lowest BCUT2D eigenvalue weighted by Crippen LogP contribution is -2.37. The van der Waals surface area contributed by atoms with E-state index in [1.807, 2.05) is 23.4 Å². The van der Waals surface area contributed by atoms with Crippen molar-refractivity contribution >= 4 is 23.6 Å². The van der Waals surface area contributed by atoms with Crippen LogP contribution in [0.3, 0.4) is 0 Å². The lowest BCUT2D eigenvalue weighted by molar-refractivity contribution is -0.137. The Kier molecular flexibility index (Phi) is 6.18. The predicted octanol–water partition coefficient (Wildman–Crippen LogP) is 0.591. The summed E-state index contributed by atoms with van der Waals surface area (Å²) in [7, 11) is 0. The monoisotopic (exact) mass is 363 g/mol. The zero-order chi connectivity index (χ0) is 18.4. The second-order valence-electron chi connectivity index (χ2n) is 5.23. The number of hydrogen-bond donors (Lipinski definition) is 3. The van der Waals surface area contributed by atoms with Gasteiger partial charge in [-0.2, -0.15) is 0 Å². The number of aromatic amines is 1. The van der Waals surface area contributed by atoms with E-state index in [0.717, 1.165) is 15.5 Å². The number of carbonyl (C=O) groups is 2. The van der Waals surface area contributed by atoms with Crippen molar-refractivity contribution < 1.29 is 14.7 Å². The summed E-state index contributed by atoms with van der Waals surface area (Å²) in [5, 5.41) is 11.7. The number of aliphatic carboxylic acids is 1. The molecule has 1 unspecified atom stereocenters. The Bertz CT molecular complexity index is 872. The van der Waals surface area contributed by atoms with E-state index < -0.39 is 29.2 Å². The molecule has 0 spiro atoms. The van der Waals surface area contributed by atoms with Crippen molar-refractivity contribution in [1.82, 2.24) is 14.9 Å². The highest BCUT2D eigenvalue weighted by molar-refractivity contribution is 7.98. The Morgan fingerprint density at radius 1 is 1.24 bits per heavy atom. The molecule has 2 rings (SSSR count). The average Bonchev–Trinajstić information content (AvgIpc) is 2.56.